The molecular formula is C19H25IN6O3S2. The Bertz CT molecular complexity index is 1180. The van der Waals surface area contributed by atoms with E-state index in [1.54, 1.807) is 7.11 Å². The van der Waals surface area contributed by atoms with Gasteiger partial charge < -0.3 is 15.0 Å². The minimum atomic E-state index is -3.34. The summed E-state index contributed by atoms with van der Waals surface area (Å²) in [6, 6.07) is 5.80. The molecule has 2 N–H and O–H groups in total. The molecule has 0 bridgehead atoms. The largest absolute Gasteiger partial charge is 0.497 e. The number of rotatable bonds is 9. The summed E-state index contributed by atoms with van der Waals surface area (Å²) >= 11 is 3.71. The topological polar surface area (TPSA) is 116 Å². The molecule has 0 aliphatic carbocycles. The molecule has 0 aliphatic heterocycles. The number of methoxy groups -OCH3 is 1. The molecule has 0 aliphatic rings. The van der Waals surface area contributed by atoms with Crippen molar-refractivity contribution in [3.8, 4) is 5.75 Å². The van der Waals surface area contributed by atoms with Crippen molar-refractivity contribution in [1.29, 1.82) is 0 Å². The first-order chi connectivity index (χ1) is 14.6. The maximum Gasteiger partial charge on any atom is 0.211 e. The Labute approximate surface area is 200 Å². The third-order valence-electron chi connectivity index (χ3n) is 4.48. The van der Waals surface area contributed by atoms with Crippen LogP contribution in [0.4, 0.5) is 5.82 Å². The monoisotopic (exact) mass is 576 g/mol. The minimum absolute atomic E-state index is 0.208. The maximum absolute atomic E-state index is 12.3. The van der Waals surface area contributed by atoms with Gasteiger partial charge in [-0.15, -0.1) is 0 Å². The van der Waals surface area contributed by atoms with Gasteiger partial charge in [0.25, 0.3) is 0 Å². The summed E-state index contributed by atoms with van der Waals surface area (Å²) in [6.45, 7) is 5.11. The lowest BCUT2D eigenvalue weighted by Gasteiger charge is -2.22. The maximum atomic E-state index is 12.3. The predicted molar refractivity (Wildman–Crippen MR) is 131 cm³/mol. The van der Waals surface area contributed by atoms with Crippen LogP contribution in [0.15, 0.2) is 34.6 Å². The van der Waals surface area contributed by atoms with Gasteiger partial charge in [0.15, 0.2) is 22.1 Å². The van der Waals surface area contributed by atoms with Gasteiger partial charge >= 0.3 is 0 Å². The number of anilines is 1. The minimum Gasteiger partial charge on any atom is -0.497 e. The van der Waals surface area contributed by atoms with Gasteiger partial charge in [0.05, 0.1) is 13.4 Å². The molecule has 0 spiro atoms. The van der Waals surface area contributed by atoms with Gasteiger partial charge in [-0.3, -0.25) is 0 Å². The molecule has 0 atom stereocenters. The Kier molecular flexibility index (Phi) is 7.65. The van der Waals surface area contributed by atoms with Crippen LogP contribution >= 0.6 is 34.4 Å². The molecule has 0 saturated heterocycles. The summed E-state index contributed by atoms with van der Waals surface area (Å²) in [6.07, 6.45) is 2.62. The van der Waals surface area contributed by atoms with Crippen LogP contribution < -0.4 is 10.5 Å². The van der Waals surface area contributed by atoms with Crippen LogP contribution in [0.1, 0.15) is 13.8 Å². The zero-order valence-corrected chi connectivity index (χ0v) is 21.5. The average molecular weight is 576 g/mol. The van der Waals surface area contributed by atoms with Gasteiger partial charge in [-0.05, 0) is 46.7 Å². The molecule has 0 radical (unpaired) electrons. The van der Waals surface area contributed by atoms with E-state index < -0.39 is 10.0 Å². The predicted octanol–water partition coefficient (Wildman–Crippen LogP) is 3.09. The summed E-state index contributed by atoms with van der Waals surface area (Å²) < 4.78 is 34.3. The Morgan fingerprint density at radius 1 is 1.32 bits per heavy atom. The second-order valence-electron chi connectivity index (χ2n) is 7.39. The molecule has 12 heteroatoms. The lowest BCUT2D eigenvalue weighted by Crippen LogP contribution is -2.36. The fraction of sp³-hybridized carbons (Fsp3) is 0.421. The van der Waals surface area contributed by atoms with Crippen molar-refractivity contribution in [2.24, 2.45) is 5.92 Å². The molecule has 0 amide bonds. The lowest BCUT2D eigenvalue weighted by atomic mass is 10.2. The summed E-state index contributed by atoms with van der Waals surface area (Å²) in [5.74, 6) is 1.23. The first-order valence-corrected chi connectivity index (χ1v) is 13.3. The molecule has 2 aromatic heterocycles. The number of benzene rings is 1. The van der Waals surface area contributed by atoms with E-state index in [0.717, 1.165) is 14.2 Å². The SMILES string of the molecule is COc1ccc(I)c(Sc2nc3c(N)ncnc3n2CCN(CC(C)C)S(C)(=O)=O)c1. The summed E-state index contributed by atoms with van der Waals surface area (Å²) in [4.78, 5) is 14.0. The number of ether oxygens (including phenoxy) is 1. The van der Waals surface area contributed by atoms with Crippen LogP contribution in [-0.2, 0) is 16.6 Å². The second-order valence-corrected chi connectivity index (χ2v) is 11.5. The van der Waals surface area contributed by atoms with Gasteiger partial charge in [-0.25, -0.2) is 27.7 Å². The van der Waals surface area contributed by atoms with Crippen LogP contribution in [0.5, 0.6) is 5.75 Å². The molecular weight excluding hydrogens is 551 g/mol. The Morgan fingerprint density at radius 3 is 2.71 bits per heavy atom. The summed E-state index contributed by atoms with van der Waals surface area (Å²) in [5, 5.41) is 0.659. The normalized spacial score (nSPS) is 12.2. The molecule has 3 aromatic rings. The number of aromatic nitrogens is 4. The number of imidazole rings is 1. The van der Waals surface area contributed by atoms with Crippen LogP contribution in [0.3, 0.4) is 0 Å². The molecule has 168 valence electrons. The molecule has 0 fully saturated rings. The van der Waals surface area contributed by atoms with E-state index in [9.17, 15) is 8.42 Å². The number of hydrogen-bond acceptors (Lipinski definition) is 8. The number of halogens is 1. The Morgan fingerprint density at radius 2 is 2.06 bits per heavy atom. The Balaban J connectivity index is 2.01. The zero-order chi connectivity index (χ0) is 22.8. The molecule has 0 unspecified atom stereocenters. The van der Waals surface area contributed by atoms with Gasteiger partial charge in [0, 0.05) is 28.1 Å². The quantitative estimate of drug-likeness (QED) is 0.387. The smallest absolute Gasteiger partial charge is 0.211 e. The van der Waals surface area contributed by atoms with Crippen LogP contribution in [0, 0.1) is 9.49 Å². The number of fused-ring (bicyclic) bond motifs is 1. The van der Waals surface area contributed by atoms with E-state index >= 15 is 0 Å². The van der Waals surface area contributed by atoms with E-state index in [1.165, 1.54) is 28.7 Å². The van der Waals surface area contributed by atoms with Crippen LogP contribution in [0.25, 0.3) is 11.2 Å². The highest BCUT2D eigenvalue weighted by atomic mass is 127. The molecule has 1 aromatic carbocycles. The van der Waals surface area contributed by atoms with Crippen molar-refractivity contribution < 1.29 is 13.2 Å². The van der Waals surface area contributed by atoms with Crippen molar-refractivity contribution >= 4 is 61.4 Å². The van der Waals surface area contributed by atoms with Gasteiger partial charge in [0.1, 0.15) is 12.1 Å². The number of hydrogen-bond donors (Lipinski definition) is 1. The fourth-order valence-electron chi connectivity index (χ4n) is 3.01. The highest BCUT2D eigenvalue weighted by molar-refractivity contribution is 14.1. The zero-order valence-electron chi connectivity index (χ0n) is 17.7. The van der Waals surface area contributed by atoms with Gasteiger partial charge in [-0.1, -0.05) is 25.6 Å². The standard InChI is InChI=1S/C19H25IN6O3S2/c1-12(2)10-25(31(4,27)28)7-8-26-18-16(17(21)22-11-23-18)24-19(26)30-15-9-13(29-3)5-6-14(15)20/h5-6,9,11-12H,7-8,10H2,1-4H3,(H2,21,22,23). The number of nitrogen functional groups attached to an aromatic ring is 1. The van der Waals surface area contributed by atoms with E-state index in [4.69, 9.17) is 10.5 Å². The molecule has 9 nitrogen and oxygen atoms in total. The number of nitrogens with zero attached hydrogens (tertiary/aromatic N) is 5. The number of sulfonamides is 1. The number of nitrogens with two attached hydrogens (primary N) is 1. The van der Waals surface area contributed by atoms with Crippen molar-refractivity contribution in [2.75, 3.05) is 32.2 Å². The average Bonchev–Trinajstić information content (AvgIpc) is 3.04. The fourth-order valence-corrected chi connectivity index (χ4v) is 5.62. The van der Waals surface area contributed by atoms with Crippen LogP contribution in [0.2, 0.25) is 0 Å². The van der Waals surface area contributed by atoms with Crippen molar-refractivity contribution in [3.05, 3.63) is 28.1 Å². The lowest BCUT2D eigenvalue weighted by molar-refractivity contribution is 0.353. The third-order valence-corrected chi connectivity index (χ3v) is 8.10. The van der Waals surface area contributed by atoms with Crippen molar-refractivity contribution in [2.45, 2.75) is 30.4 Å². The summed E-state index contributed by atoms with van der Waals surface area (Å²) in [7, 11) is -1.72. The first-order valence-electron chi connectivity index (χ1n) is 9.53. The highest BCUT2D eigenvalue weighted by Crippen LogP contribution is 2.35. The first kappa shape index (κ1) is 24.0. The Hall–Kier alpha value is -1.64. The van der Waals surface area contributed by atoms with E-state index in [2.05, 4.69) is 37.5 Å². The summed E-state index contributed by atoms with van der Waals surface area (Å²) in [5.41, 5.74) is 7.11. The van der Waals surface area contributed by atoms with Crippen molar-refractivity contribution in [1.82, 2.24) is 23.8 Å². The third kappa shape index (κ3) is 5.79. The van der Waals surface area contributed by atoms with Gasteiger partial charge in [-0.2, -0.15) is 0 Å². The second kappa shape index (κ2) is 9.88. The van der Waals surface area contributed by atoms with E-state index in [1.807, 2.05) is 36.6 Å². The highest BCUT2D eigenvalue weighted by Gasteiger charge is 2.21. The van der Waals surface area contributed by atoms with Crippen LogP contribution in [-0.4, -0.2) is 58.7 Å². The molecule has 3 rings (SSSR count). The van der Waals surface area contributed by atoms with E-state index in [0.29, 0.717) is 36.0 Å². The van der Waals surface area contributed by atoms with Crippen molar-refractivity contribution in [3.63, 3.8) is 0 Å². The van der Waals surface area contributed by atoms with E-state index in [-0.39, 0.29) is 11.7 Å². The molecule has 31 heavy (non-hydrogen) atoms. The van der Waals surface area contributed by atoms with Gasteiger partial charge in [0.2, 0.25) is 10.0 Å². The molecule has 2 heterocycles. The molecule has 0 saturated carbocycles.